The standard InChI is InChI=1S/C12H16N4O3S/c1-3-7-16(9-12(17)14-2)20(18,19)11-5-4-6-15-10(11)8-13/h4-6H,3,7,9H2,1-2H3,(H,14,17). The normalized spacial score (nSPS) is 11.1. The van der Waals surface area contributed by atoms with Gasteiger partial charge in [-0.05, 0) is 18.6 Å². The first-order valence-corrected chi connectivity index (χ1v) is 7.47. The maximum Gasteiger partial charge on any atom is 0.246 e. The first kappa shape index (κ1) is 16.1. The molecule has 0 radical (unpaired) electrons. The van der Waals surface area contributed by atoms with Gasteiger partial charge >= 0.3 is 0 Å². The van der Waals surface area contributed by atoms with Gasteiger partial charge in [0.15, 0.2) is 5.69 Å². The van der Waals surface area contributed by atoms with Crippen LogP contribution in [-0.4, -0.2) is 43.8 Å². The van der Waals surface area contributed by atoms with Crippen molar-refractivity contribution in [3.63, 3.8) is 0 Å². The molecule has 0 aliphatic heterocycles. The summed E-state index contributed by atoms with van der Waals surface area (Å²) in [5.41, 5.74) is -0.175. The van der Waals surface area contributed by atoms with Crippen molar-refractivity contribution in [2.24, 2.45) is 0 Å². The molecule has 0 aliphatic carbocycles. The van der Waals surface area contributed by atoms with Gasteiger partial charge in [0.05, 0.1) is 6.54 Å². The van der Waals surface area contributed by atoms with Crippen LogP contribution >= 0.6 is 0 Å². The van der Waals surface area contributed by atoms with Crippen molar-refractivity contribution in [3.05, 3.63) is 24.0 Å². The molecule has 0 aliphatic rings. The van der Waals surface area contributed by atoms with Crippen LogP contribution in [0, 0.1) is 11.3 Å². The van der Waals surface area contributed by atoms with E-state index in [-0.39, 0.29) is 23.7 Å². The zero-order valence-corrected chi connectivity index (χ0v) is 12.1. The Morgan fingerprint density at radius 3 is 2.80 bits per heavy atom. The number of amides is 1. The third-order valence-corrected chi connectivity index (χ3v) is 4.44. The first-order chi connectivity index (χ1) is 9.47. The van der Waals surface area contributed by atoms with Crippen molar-refractivity contribution in [1.82, 2.24) is 14.6 Å². The zero-order chi connectivity index (χ0) is 15.2. The molecule has 0 saturated heterocycles. The molecular formula is C12H16N4O3S. The summed E-state index contributed by atoms with van der Waals surface area (Å²) in [6, 6.07) is 4.50. The highest BCUT2D eigenvalue weighted by molar-refractivity contribution is 7.89. The molecule has 108 valence electrons. The van der Waals surface area contributed by atoms with E-state index in [0.717, 1.165) is 4.31 Å². The molecule has 1 N–H and O–H groups in total. The van der Waals surface area contributed by atoms with Gasteiger partial charge in [-0.15, -0.1) is 0 Å². The molecule has 0 saturated carbocycles. The van der Waals surface area contributed by atoms with Crippen LogP contribution in [0.25, 0.3) is 0 Å². The van der Waals surface area contributed by atoms with E-state index < -0.39 is 15.9 Å². The number of nitriles is 1. The number of aromatic nitrogens is 1. The maximum absolute atomic E-state index is 12.5. The molecule has 0 aromatic carbocycles. The molecule has 0 bridgehead atoms. The Balaban J connectivity index is 3.23. The zero-order valence-electron chi connectivity index (χ0n) is 11.3. The highest BCUT2D eigenvalue weighted by Gasteiger charge is 2.28. The summed E-state index contributed by atoms with van der Waals surface area (Å²) >= 11 is 0. The minimum atomic E-state index is -3.92. The molecular weight excluding hydrogens is 280 g/mol. The SMILES string of the molecule is CCCN(CC(=O)NC)S(=O)(=O)c1cccnc1C#N. The highest BCUT2D eigenvalue weighted by Crippen LogP contribution is 2.18. The van der Waals surface area contributed by atoms with Gasteiger partial charge in [0.1, 0.15) is 11.0 Å². The summed E-state index contributed by atoms with van der Waals surface area (Å²) in [6.45, 7) is 1.71. The Kier molecular flexibility index (Phi) is 5.61. The Labute approximate surface area is 118 Å². The number of rotatable bonds is 6. The van der Waals surface area contributed by atoms with Crippen molar-refractivity contribution in [2.45, 2.75) is 18.2 Å². The molecule has 1 aromatic rings. The summed E-state index contributed by atoms with van der Waals surface area (Å²) in [6.07, 6.45) is 1.90. The summed E-state index contributed by atoms with van der Waals surface area (Å²) < 4.78 is 26.1. The third-order valence-electron chi connectivity index (χ3n) is 2.57. The van der Waals surface area contributed by atoms with E-state index >= 15 is 0 Å². The Hall–Kier alpha value is -1.98. The second kappa shape index (κ2) is 6.98. The third kappa shape index (κ3) is 3.53. The van der Waals surface area contributed by atoms with Crippen molar-refractivity contribution < 1.29 is 13.2 Å². The van der Waals surface area contributed by atoms with E-state index in [1.165, 1.54) is 25.4 Å². The van der Waals surface area contributed by atoms with Crippen LogP contribution in [0.5, 0.6) is 0 Å². The fourth-order valence-corrected chi connectivity index (χ4v) is 3.18. The van der Waals surface area contributed by atoms with Gasteiger partial charge in [-0.3, -0.25) is 4.79 Å². The largest absolute Gasteiger partial charge is 0.358 e. The van der Waals surface area contributed by atoms with Gasteiger partial charge in [-0.2, -0.15) is 9.57 Å². The van der Waals surface area contributed by atoms with Crippen molar-refractivity contribution in [1.29, 1.82) is 5.26 Å². The lowest BCUT2D eigenvalue weighted by Crippen LogP contribution is -2.40. The number of hydrogen-bond acceptors (Lipinski definition) is 5. The van der Waals surface area contributed by atoms with Gasteiger partial charge < -0.3 is 5.32 Å². The quantitative estimate of drug-likeness (QED) is 0.802. The monoisotopic (exact) mass is 296 g/mol. The summed E-state index contributed by atoms with van der Waals surface area (Å²) in [5, 5.41) is 11.3. The van der Waals surface area contributed by atoms with Crippen LogP contribution < -0.4 is 5.32 Å². The van der Waals surface area contributed by atoms with Crippen LogP contribution in [0.1, 0.15) is 19.0 Å². The first-order valence-electron chi connectivity index (χ1n) is 6.03. The summed E-state index contributed by atoms with van der Waals surface area (Å²) in [7, 11) is -2.49. The van der Waals surface area contributed by atoms with Crippen LogP contribution in [0.3, 0.4) is 0 Å². The molecule has 1 rings (SSSR count). The van der Waals surface area contributed by atoms with Gasteiger partial charge in [-0.1, -0.05) is 6.92 Å². The van der Waals surface area contributed by atoms with Crippen LogP contribution in [0.2, 0.25) is 0 Å². The highest BCUT2D eigenvalue weighted by atomic mass is 32.2. The lowest BCUT2D eigenvalue weighted by atomic mass is 10.4. The smallest absolute Gasteiger partial charge is 0.246 e. The number of nitrogens with zero attached hydrogens (tertiary/aromatic N) is 3. The van der Waals surface area contributed by atoms with Crippen LogP contribution in [0.4, 0.5) is 0 Å². The number of sulfonamides is 1. The Morgan fingerprint density at radius 1 is 1.55 bits per heavy atom. The van der Waals surface area contributed by atoms with E-state index in [4.69, 9.17) is 5.26 Å². The second-order valence-electron chi connectivity index (χ2n) is 3.97. The molecule has 7 nitrogen and oxygen atoms in total. The molecule has 0 atom stereocenters. The molecule has 1 heterocycles. The molecule has 1 amide bonds. The number of carbonyl (C=O) groups is 1. The van der Waals surface area contributed by atoms with Crippen molar-refractivity contribution in [2.75, 3.05) is 20.1 Å². The van der Waals surface area contributed by atoms with Gasteiger partial charge in [-0.25, -0.2) is 13.4 Å². The van der Waals surface area contributed by atoms with E-state index in [1.807, 2.05) is 0 Å². The molecule has 0 fully saturated rings. The minimum absolute atomic E-state index is 0.175. The maximum atomic E-state index is 12.5. The van der Waals surface area contributed by atoms with E-state index in [0.29, 0.717) is 6.42 Å². The van der Waals surface area contributed by atoms with Crippen LogP contribution in [0.15, 0.2) is 23.2 Å². The summed E-state index contributed by atoms with van der Waals surface area (Å²) in [4.78, 5) is 15.0. The number of hydrogen-bond donors (Lipinski definition) is 1. The van der Waals surface area contributed by atoms with Gasteiger partial charge in [0.25, 0.3) is 0 Å². The van der Waals surface area contributed by atoms with Crippen LogP contribution in [-0.2, 0) is 14.8 Å². The predicted octanol–water partition coefficient (Wildman–Crippen LogP) is 0.1000. The molecule has 0 unspecified atom stereocenters. The average molecular weight is 296 g/mol. The molecule has 20 heavy (non-hydrogen) atoms. The Bertz CT molecular complexity index is 622. The van der Waals surface area contributed by atoms with Gasteiger partial charge in [0, 0.05) is 19.8 Å². The number of pyridine rings is 1. The molecule has 8 heteroatoms. The Morgan fingerprint density at radius 2 is 2.25 bits per heavy atom. The fraction of sp³-hybridized carbons (Fsp3) is 0.417. The van der Waals surface area contributed by atoms with E-state index in [9.17, 15) is 13.2 Å². The van der Waals surface area contributed by atoms with Crippen molar-refractivity contribution in [3.8, 4) is 6.07 Å². The summed E-state index contributed by atoms with van der Waals surface area (Å²) in [5.74, 6) is -0.413. The molecule has 0 spiro atoms. The lowest BCUT2D eigenvalue weighted by Gasteiger charge is -2.20. The lowest BCUT2D eigenvalue weighted by molar-refractivity contribution is -0.120. The van der Waals surface area contributed by atoms with Gasteiger partial charge in [0.2, 0.25) is 15.9 Å². The topological polar surface area (TPSA) is 103 Å². The second-order valence-corrected chi connectivity index (χ2v) is 5.88. The average Bonchev–Trinajstić information content (AvgIpc) is 2.46. The van der Waals surface area contributed by atoms with E-state index in [2.05, 4.69) is 10.3 Å². The number of carbonyl (C=O) groups excluding carboxylic acids is 1. The predicted molar refractivity (Wildman–Crippen MR) is 72.1 cm³/mol. The number of nitrogens with one attached hydrogen (secondary N) is 1. The van der Waals surface area contributed by atoms with Crippen molar-refractivity contribution >= 4 is 15.9 Å². The fourth-order valence-electron chi connectivity index (χ4n) is 1.59. The van der Waals surface area contributed by atoms with E-state index in [1.54, 1.807) is 13.0 Å². The number of likely N-dealkylation sites (N-methyl/N-ethyl adjacent to an activating group) is 1. The molecule has 1 aromatic heterocycles. The minimum Gasteiger partial charge on any atom is -0.358 e.